The zero-order valence-corrected chi connectivity index (χ0v) is 19.7. The largest absolute Gasteiger partial charge is 0.333 e. The molecule has 0 saturated carbocycles. The Hall–Kier alpha value is -4.15. The van der Waals surface area contributed by atoms with Gasteiger partial charge in [0.25, 0.3) is 0 Å². The molecule has 1 fully saturated rings. The molecule has 4 aromatic heterocycles. The number of hydrogen-bond donors (Lipinski definition) is 2. The number of aromatic amines is 1. The molecule has 5 heterocycles. The third kappa shape index (κ3) is 4.75. The number of aryl methyl sites for hydroxylation is 2. The highest BCUT2D eigenvalue weighted by Gasteiger charge is 2.50. The summed E-state index contributed by atoms with van der Waals surface area (Å²) in [4.78, 5) is 27.8. The van der Waals surface area contributed by atoms with E-state index in [4.69, 9.17) is 0 Å². The minimum Gasteiger partial charge on any atom is -0.333 e. The molecule has 35 heavy (non-hydrogen) atoms. The number of anilines is 3. The number of carbonyl (C=O) groups excluding carboxylic acids is 1. The molecule has 2 N–H and O–H groups in total. The van der Waals surface area contributed by atoms with Crippen LogP contribution in [0.2, 0.25) is 0 Å². The highest BCUT2D eigenvalue weighted by Crippen LogP contribution is 2.34. The number of hydrogen-bond acceptors (Lipinski definition) is 8. The van der Waals surface area contributed by atoms with E-state index in [0.717, 1.165) is 17.0 Å². The van der Waals surface area contributed by atoms with Gasteiger partial charge in [0.15, 0.2) is 17.4 Å². The molecule has 0 bridgehead atoms. The number of halogens is 1. The number of pyridine rings is 1. The summed E-state index contributed by atoms with van der Waals surface area (Å²) in [5.74, 6) is 1.67. The topological polar surface area (TPSA) is 118 Å². The minimum absolute atomic E-state index is 0.0700. The standard InChI is InChI=1S/C24H26FN9O/c1-15(18-5-6-22(26-12-18)34-8-4-7-27-34)9-19(35)24(25)13-33(14-24)23-28-16(2)10-20(30-23)29-21-11-17(3)31-32-21/h4-8,10-12,15H,9,13-14H2,1-3H3,(H2,28,29,30,31,32)/t15-/m1/s1. The van der Waals surface area contributed by atoms with Crippen molar-refractivity contribution in [2.75, 3.05) is 23.3 Å². The van der Waals surface area contributed by atoms with Crippen LogP contribution in [0.3, 0.4) is 0 Å². The van der Waals surface area contributed by atoms with Crippen molar-refractivity contribution in [2.24, 2.45) is 0 Å². The summed E-state index contributed by atoms with van der Waals surface area (Å²) in [5.41, 5.74) is 0.602. The number of nitrogens with zero attached hydrogens (tertiary/aromatic N) is 7. The molecular formula is C24H26FN9O. The molecule has 1 aliphatic rings. The van der Waals surface area contributed by atoms with Crippen LogP contribution in [-0.2, 0) is 4.79 Å². The lowest BCUT2D eigenvalue weighted by molar-refractivity contribution is -0.132. The average Bonchev–Trinajstić information content (AvgIpc) is 3.48. The van der Waals surface area contributed by atoms with Gasteiger partial charge in [0.05, 0.1) is 13.1 Å². The number of carbonyl (C=O) groups is 1. The molecule has 1 aliphatic heterocycles. The highest BCUT2D eigenvalue weighted by molar-refractivity contribution is 5.91. The zero-order chi connectivity index (χ0) is 24.6. The molecule has 0 amide bonds. The van der Waals surface area contributed by atoms with Crippen LogP contribution in [0.1, 0.15) is 36.2 Å². The lowest BCUT2D eigenvalue weighted by Crippen LogP contribution is -2.64. The van der Waals surface area contributed by atoms with Gasteiger partial charge in [-0.05, 0) is 37.5 Å². The highest BCUT2D eigenvalue weighted by atomic mass is 19.1. The molecule has 0 radical (unpaired) electrons. The first kappa shape index (κ1) is 22.6. The molecule has 0 aliphatic carbocycles. The van der Waals surface area contributed by atoms with Crippen molar-refractivity contribution < 1.29 is 9.18 Å². The lowest BCUT2D eigenvalue weighted by atomic mass is 9.85. The van der Waals surface area contributed by atoms with Gasteiger partial charge in [0, 0.05) is 48.5 Å². The van der Waals surface area contributed by atoms with Gasteiger partial charge < -0.3 is 10.2 Å². The fraction of sp³-hybridized carbons (Fsp3) is 0.333. The second-order valence-corrected chi connectivity index (χ2v) is 9.01. The Balaban J connectivity index is 1.20. The lowest BCUT2D eigenvalue weighted by Gasteiger charge is -2.43. The van der Waals surface area contributed by atoms with Crippen LogP contribution >= 0.6 is 0 Å². The van der Waals surface area contributed by atoms with Crippen LogP contribution in [-0.4, -0.2) is 59.5 Å². The molecule has 180 valence electrons. The van der Waals surface area contributed by atoms with Crippen molar-refractivity contribution in [3.05, 3.63) is 65.9 Å². The van der Waals surface area contributed by atoms with E-state index < -0.39 is 11.5 Å². The summed E-state index contributed by atoms with van der Waals surface area (Å²) in [5, 5.41) is 14.3. The Labute approximate surface area is 201 Å². The maximum absolute atomic E-state index is 15.4. The molecule has 10 nitrogen and oxygen atoms in total. The van der Waals surface area contributed by atoms with Gasteiger partial charge in [0.1, 0.15) is 5.82 Å². The molecule has 1 atom stereocenters. The van der Waals surface area contributed by atoms with Gasteiger partial charge in [0.2, 0.25) is 11.6 Å². The quantitative estimate of drug-likeness (QED) is 0.398. The number of rotatable bonds is 8. The third-order valence-corrected chi connectivity index (χ3v) is 6.04. The van der Waals surface area contributed by atoms with Gasteiger partial charge in [-0.25, -0.2) is 19.0 Å². The van der Waals surface area contributed by atoms with Crippen LogP contribution < -0.4 is 10.2 Å². The maximum atomic E-state index is 15.4. The number of H-pyrrole nitrogens is 1. The van der Waals surface area contributed by atoms with Crippen molar-refractivity contribution in [3.63, 3.8) is 0 Å². The van der Waals surface area contributed by atoms with Crippen LogP contribution in [0.4, 0.5) is 22.0 Å². The Morgan fingerprint density at radius 2 is 2.06 bits per heavy atom. The molecular weight excluding hydrogens is 449 g/mol. The molecule has 0 spiro atoms. The first-order chi connectivity index (χ1) is 16.8. The minimum atomic E-state index is -1.92. The predicted octanol–water partition coefficient (Wildman–Crippen LogP) is 3.43. The van der Waals surface area contributed by atoms with Gasteiger partial charge >= 0.3 is 0 Å². The molecule has 1 saturated heterocycles. The van der Waals surface area contributed by atoms with Crippen molar-refractivity contribution in [2.45, 2.75) is 38.8 Å². The summed E-state index contributed by atoms with van der Waals surface area (Å²) in [6.45, 7) is 5.51. The third-order valence-electron chi connectivity index (χ3n) is 6.04. The summed E-state index contributed by atoms with van der Waals surface area (Å²) < 4.78 is 17.1. The number of nitrogens with one attached hydrogen (secondary N) is 2. The van der Waals surface area contributed by atoms with Crippen molar-refractivity contribution in [1.82, 2.24) is 34.9 Å². The molecule has 4 aromatic rings. The molecule has 0 aromatic carbocycles. The normalized spacial score (nSPS) is 15.5. The Bertz CT molecular complexity index is 1330. The SMILES string of the molecule is Cc1cc(Nc2cc(C)[nH]n2)nc(N2CC(F)(C(=O)C[C@@H](C)c3ccc(-n4cccn4)nc3)C2)n1. The van der Waals surface area contributed by atoms with E-state index >= 15 is 4.39 Å². The zero-order valence-electron chi connectivity index (χ0n) is 19.7. The molecule has 5 rings (SSSR count). The fourth-order valence-corrected chi connectivity index (χ4v) is 4.06. The van der Waals surface area contributed by atoms with E-state index in [0.29, 0.717) is 23.4 Å². The van der Waals surface area contributed by atoms with E-state index in [-0.39, 0.29) is 25.4 Å². The van der Waals surface area contributed by atoms with E-state index in [2.05, 4.69) is 35.6 Å². The van der Waals surface area contributed by atoms with Gasteiger partial charge in [-0.2, -0.15) is 15.2 Å². The van der Waals surface area contributed by atoms with Crippen molar-refractivity contribution in [3.8, 4) is 5.82 Å². The summed E-state index contributed by atoms with van der Waals surface area (Å²) in [6.07, 6.45) is 5.29. The first-order valence-corrected chi connectivity index (χ1v) is 11.4. The van der Waals surface area contributed by atoms with Crippen LogP contribution in [0.15, 0.2) is 48.9 Å². The Morgan fingerprint density at radius 1 is 1.23 bits per heavy atom. The molecule has 0 unspecified atom stereocenters. The monoisotopic (exact) mass is 475 g/mol. The van der Waals surface area contributed by atoms with E-state index in [1.54, 1.807) is 34.2 Å². The van der Waals surface area contributed by atoms with Crippen molar-refractivity contribution in [1.29, 1.82) is 0 Å². The number of aromatic nitrogens is 7. The first-order valence-electron chi connectivity index (χ1n) is 11.4. The van der Waals surface area contributed by atoms with Gasteiger partial charge in [-0.1, -0.05) is 13.0 Å². The summed E-state index contributed by atoms with van der Waals surface area (Å²) in [7, 11) is 0. The van der Waals surface area contributed by atoms with Crippen LogP contribution in [0.5, 0.6) is 0 Å². The van der Waals surface area contributed by atoms with E-state index in [1.165, 1.54) is 0 Å². The molecule has 11 heteroatoms. The number of Topliss-reactive ketones (excluding diaryl/α,β-unsaturated/α-hetero) is 1. The number of alkyl halides is 1. The van der Waals surface area contributed by atoms with Gasteiger partial charge in [-0.15, -0.1) is 0 Å². The van der Waals surface area contributed by atoms with Crippen LogP contribution in [0.25, 0.3) is 5.82 Å². The fourth-order valence-electron chi connectivity index (χ4n) is 4.06. The van der Waals surface area contributed by atoms with Gasteiger partial charge in [-0.3, -0.25) is 9.89 Å². The number of ketones is 1. The Morgan fingerprint density at radius 3 is 2.71 bits per heavy atom. The maximum Gasteiger partial charge on any atom is 0.227 e. The summed E-state index contributed by atoms with van der Waals surface area (Å²) >= 11 is 0. The second-order valence-electron chi connectivity index (χ2n) is 9.01. The predicted molar refractivity (Wildman–Crippen MR) is 129 cm³/mol. The average molecular weight is 476 g/mol. The van der Waals surface area contributed by atoms with E-state index in [9.17, 15) is 4.79 Å². The summed E-state index contributed by atoms with van der Waals surface area (Å²) in [6, 6.07) is 9.20. The smallest absolute Gasteiger partial charge is 0.227 e. The van der Waals surface area contributed by atoms with E-state index in [1.807, 2.05) is 45.0 Å². The van der Waals surface area contributed by atoms with Crippen LogP contribution in [0, 0.1) is 13.8 Å². The second kappa shape index (κ2) is 8.90. The van der Waals surface area contributed by atoms with Crippen molar-refractivity contribution >= 4 is 23.4 Å². The Kier molecular flexibility index (Phi) is 5.75.